The van der Waals surface area contributed by atoms with Crippen molar-refractivity contribution in [3.8, 4) is 6.07 Å². The fourth-order valence-corrected chi connectivity index (χ4v) is 2.86. The van der Waals surface area contributed by atoms with Crippen LogP contribution in [-0.4, -0.2) is 29.1 Å². The number of rotatable bonds is 7. The van der Waals surface area contributed by atoms with Gasteiger partial charge in [0.15, 0.2) is 0 Å². The lowest BCUT2D eigenvalue weighted by Crippen LogP contribution is -2.28. The van der Waals surface area contributed by atoms with Gasteiger partial charge in [0.25, 0.3) is 0 Å². The van der Waals surface area contributed by atoms with E-state index in [-0.39, 0.29) is 0 Å². The van der Waals surface area contributed by atoms with E-state index in [1.165, 1.54) is 11.3 Å². The summed E-state index contributed by atoms with van der Waals surface area (Å²) in [6, 6.07) is 3.91. The van der Waals surface area contributed by atoms with Crippen LogP contribution in [0.3, 0.4) is 0 Å². The molecule has 0 atom stereocenters. The van der Waals surface area contributed by atoms with E-state index in [9.17, 15) is 4.79 Å². The first kappa shape index (κ1) is 15.7. The molecule has 1 N–H and O–H groups in total. The van der Waals surface area contributed by atoms with Crippen molar-refractivity contribution in [2.24, 2.45) is 5.92 Å². The van der Waals surface area contributed by atoms with Crippen LogP contribution >= 0.6 is 11.3 Å². The van der Waals surface area contributed by atoms with Crippen LogP contribution in [-0.2, 0) is 6.54 Å². The lowest BCUT2D eigenvalue weighted by Gasteiger charge is -2.23. The molecule has 0 amide bonds. The predicted octanol–water partition coefficient (Wildman–Crippen LogP) is 3.13. The summed E-state index contributed by atoms with van der Waals surface area (Å²) in [6.07, 6.45) is 0.502. The van der Waals surface area contributed by atoms with Gasteiger partial charge in [-0.1, -0.05) is 13.8 Å². The summed E-state index contributed by atoms with van der Waals surface area (Å²) in [6.45, 7) is 8.59. The topological polar surface area (TPSA) is 64.3 Å². The zero-order chi connectivity index (χ0) is 14.4. The van der Waals surface area contributed by atoms with Crippen LogP contribution in [0, 0.1) is 24.2 Å². The van der Waals surface area contributed by atoms with Gasteiger partial charge < -0.3 is 5.11 Å². The number of aromatic carboxylic acids is 1. The molecule has 1 rings (SSSR count). The smallest absolute Gasteiger partial charge is 0.345 e. The van der Waals surface area contributed by atoms with Crippen molar-refractivity contribution in [1.29, 1.82) is 5.26 Å². The molecule has 0 fully saturated rings. The Hall–Kier alpha value is -1.38. The Morgan fingerprint density at radius 2 is 2.26 bits per heavy atom. The first-order valence-electron chi connectivity index (χ1n) is 6.36. The summed E-state index contributed by atoms with van der Waals surface area (Å²) in [5.74, 6) is -0.344. The van der Waals surface area contributed by atoms with Gasteiger partial charge in [-0.15, -0.1) is 11.3 Å². The Bertz CT molecular complexity index is 474. The molecule has 0 aliphatic rings. The average Bonchev–Trinajstić information content (AvgIpc) is 2.67. The molecule has 104 valence electrons. The van der Waals surface area contributed by atoms with Crippen molar-refractivity contribution in [3.63, 3.8) is 0 Å². The van der Waals surface area contributed by atoms with Gasteiger partial charge in [0.1, 0.15) is 4.88 Å². The number of thiophene rings is 1. The van der Waals surface area contributed by atoms with E-state index < -0.39 is 5.97 Å². The summed E-state index contributed by atoms with van der Waals surface area (Å²) < 4.78 is 0. The fourth-order valence-electron chi connectivity index (χ4n) is 1.98. The second-order valence-corrected chi connectivity index (χ2v) is 6.29. The van der Waals surface area contributed by atoms with Crippen LogP contribution in [0.15, 0.2) is 6.07 Å². The Labute approximate surface area is 118 Å². The number of hydrogen-bond acceptors (Lipinski definition) is 4. The summed E-state index contributed by atoms with van der Waals surface area (Å²) >= 11 is 1.32. The first-order chi connectivity index (χ1) is 8.93. The molecule has 0 spiro atoms. The van der Waals surface area contributed by atoms with Gasteiger partial charge in [0, 0.05) is 30.9 Å². The minimum absolute atomic E-state index is 0.386. The number of nitrogens with zero attached hydrogens (tertiary/aromatic N) is 2. The normalized spacial score (nSPS) is 10.9. The quantitative estimate of drug-likeness (QED) is 0.833. The minimum atomic E-state index is -0.869. The number of carboxylic acid groups (broad SMARTS) is 1. The van der Waals surface area contributed by atoms with Crippen molar-refractivity contribution in [2.75, 3.05) is 13.1 Å². The van der Waals surface area contributed by atoms with Gasteiger partial charge in [0.2, 0.25) is 0 Å². The zero-order valence-electron chi connectivity index (χ0n) is 11.6. The van der Waals surface area contributed by atoms with Crippen molar-refractivity contribution in [3.05, 3.63) is 21.4 Å². The van der Waals surface area contributed by atoms with Crippen molar-refractivity contribution >= 4 is 17.3 Å². The van der Waals surface area contributed by atoms with Gasteiger partial charge in [-0.2, -0.15) is 5.26 Å². The molecule has 0 saturated heterocycles. The summed E-state index contributed by atoms with van der Waals surface area (Å²) in [5, 5.41) is 17.7. The van der Waals surface area contributed by atoms with Crippen LogP contribution in [0.4, 0.5) is 0 Å². The van der Waals surface area contributed by atoms with Gasteiger partial charge in [0.05, 0.1) is 6.07 Å². The molecule has 0 aromatic carbocycles. The molecular formula is C14H20N2O2S. The second kappa shape index (κ2) is 7.27. The fraction of sp³-hybridized carbons (Fsp3) is 0.571. The van der Waals surface area contributed by atoms with Crippen molar-refractivity contribution in [1.82, 2.24) is 4.90 Å². The van der Waals surface area contributed by atoms with E-state index in [2.05, 4.69) is 24.8 Å². The van der Waals surface area contributed by atoms with Gasteiger partial charge in [-0.25, -0.2) is 4.79 Å². The molecular weight excluding hydrogens is 260 g/mol. The van der Waals surface area contributed by atoms with Crippen LogP contribution < -0.4 is 0 Å². The molecule has 0 aliphatic heterocycles. The van der Waals surface area contributed by atoms with E-state index in [0.717, 1.165) is 30.1 Å². The third-order valence-electron chi connectivity index (χ3n) is 2.79. The standard InChI is InChI=1S/C14H20N2O2S/c1-10(2)8-16(6-4-5-15)9-12-7-13(14(17)18)19-11(12)3/h7,10H,4,6,8-9H2,1-3H3,(H,17,18). The zero-order valence-corrected chi connectivity index (χ0v) is 12.5. The molecule has 1 aromatic rings. The molecule has 1 aromatic heterocycles. The summed E-state index contributed by atoms with van der Waals surface area (Å²) in [4.78, 5) is 14.6. The monoisotopic (exact) mass is 280 g/mol. The van der Waals surface area contributed by atoms with E-state index in [1.54, 1.807) is 6.07 Å². The largest absolute Gasteiger partial charge is 0.477 e. The number of carboxylic acids is 1. The van der Waals surface area contributed by atoms with Crippen molar-refractivity contribution in [2.45, 2.75) is 33.7 Å². The number of nitriles is 1. The Morgan fingerprint density at radius 3 is 2.74 bits per heavy atom. The average molecular weight is 280 g/mol. The maximum absolute atomic E-state index is 11.0. The summed E-state index contributed by atoms with van der Waals surface area (Å²) in [7, 11) is 0. The van der Waals surface area contributed by atoms with Crippen LogP contribution in [0.5, 0.6) is 0 Å². The number of hydrogen-bond donors (Lipinski definition) is 1. The van der Waals surface area contributed by atoms with Crippen molar-refractivity contribution < 1.29 is 9.90 Å². The molecule has 0 bridgehead atoms. The van der Waals surface area contributed by atoms with Gasteiger partial charge >= 0.3 is 5.97 Å². The highest BCUT2D eigenvalue weighted by Crippen LogP contribution is 2.23. The second-order valence-electron chi connectivity index (χ2n) is 5.03. The lowest BCUT2D eigenvalue weighted by atomic mass is 10.1. The molecule has 4 nitrogen and oxygen atoms in total. The highest BCUT2D eigenvalue weighted by Gasteiger charge is 2.14. The van der Waals surface area contributed by atoms with E-state index >= 15 is 0 Å². The molecule has 19 heavy (non-hydrogen) atoms. The lowest BCUT2D eigenvalue weighted by molar-refractivity contribution is 0.0702. The highest BCUT2D eigenvalue weighted by molar-refractivity contribution is 7.14. The van der Waals surface area contributed by atoms with Gasteiger partial charge in [-0.05, 0) is 24.5 Å². The number of carbonyl (C=O) groups is 1. The van der Waals surface area contributed by atoms with E-state index in [4.69, 9.17) is 10.4 Å². The predicted molar refractivity (Wildman–Crippen MR) is 76.4 cm³/mol. The Kier molecular flexibility index (Phi) is 6.00. The third-order valence-corrected chi connectivity index (χ3v) is 3.87. The summed E-state index contributed by atoms with van der Waals surface area (Å²) in [5.41, 5.74) is 1.06. The molecule has 1 heterocycles. The molecule has 0 aliphatic carbocycles. The third kappa shape index (κ3) is 5.01. The Morgan fingerprint density at radius 1 is 1.58 bits per heavy atom. The molecule has 0 unspecified atom stereocenters. The maximum atomic E-state index is 11.0. The van der Waals surface area contributed by atoms with Crippen LogP contribution in [0.25, 0.3) is 0 Å². The Balaban J connectivity index is 2.77. The van der Waals surface area contributed by atoms with E-state index in [1.807, 2.05) is 6.92 Å². The van der Waals surface area contributed by atoms with Crippen LogP contribution in [0.1, 0.15) is 40.4 Å². The SMILES string of the molecule is Cc1sc(C(=O)O)cc1CN(CCC#N)CC(C)C. The molecule has 0 saturated carbocycles. The molecule has 5 heteroatoms. The molecule has 0 radical (unpaired) electrons. The van der Waals surface area contributed by atoms with Gasteiger partial charge in [-0.3, -0.25) is 4.90 Å². The first-order valence-corrected chi connectivity index (χ1v) is 7.17. The maximum Gasteiger partial charge on any atom is 0.345 e. The highest BCUT2D eigenvalue weighted by atomic mass is 32.1. The number of aryl methyl sites for hydroxylation is 1. The van der Waals surface area contributed by atoms with E-state index in [0.29, 0.717) is 17.2 Å². The van der Waals surface area contributed by atoms with Crippen LogP contribution in [0.2, 0.25) is 0 Å². The minimum Gasteiger partial charge on any atom is -0.477 e.